The molecule has 0 saturated heterocycles. The third-order valence-electron chi connectivity index (χ3n) is 6.73. The number of hydrogen-bond acceptors (Lipinski definition) is 4. The summed E-state index contributed by atoms with van der Waals surface area (Å²) in [4.78, 5) is 0. The first kappa shape index (κ1) is 26.0. The van der Waals surface area contributed by atoms with Gasteiger partial charge in [0.05, 0.1) is 0 Å². The summed E-state index contributed by atoms with van der Waals surface area (Å²) in [5.41, 5.74) is 0.0514. The normalized spacial score (nSPS) is 15.5. The minimum Gasteiger partial charge on any atom is -0.411 e. The minimum absolute atomic E-state index is 0.228. The molecule has 0 bridgehead atoms. The molecule has 176 valence electrons. The van der Waals surface area contributed by atoms with Crippen molar-refractivity contribution in [3.8, 4) is 0 Å². The van der Waals surface area contributed by atoms with E-state index in [1.807, 2.05) is 67.7 Å². The molecule has 0 spiro atoms. The van der Waals surface area contributed by atoms with E-state index in [9.17, 15) is 0 Å². The van der Waals surface area contributed by atoms with Crippen molar-refractivity contribution in [3.05, 3.63) is 30.0 Å². The van der Waals surface area contributed by atoms with Crippen molar-refractivity contribution in [3.63, 3.8) is 0 Å². The van der Waals surface area contributed by atoms with Gasteiger partial charge in [-0.1, -0.05) is 41.5 Å². The summed E-state index contributed by atoms with van der Waals surface area (Å²) in [5.74, 6) is -4.23. The van der Waals surface area contributed by atoms with Gasteiger partial charge in [-0.15, -0.1) is 10.2 Å². The van der Waals surface area contributed by atoms with E-state index in [4.69, 9.17) is 8.85 Å². The maximum absolute atomic E-state index is 15.7. The summed E-state index contributed by atoms with van der Waals surface area (Å²) in [6.45, 7) is 18.6. The molecule has 0 N–H and O–H groups in total. The van der Waals surface area contributed by atoms with Crippen LogP contribution in [0.4, 0.5) is 13.2 Å². The van der Waals surface area contributed by atoms with Crippen molar-refractivity contribution in [1.82, 2.24) is 14.6 Å². The average Bonchev–Trinajstić information content (AvgIpc) is 3.02. The van der Waals surface area contributed by atoms with Crippen LogP contribution in [0.25, 0.3) is 5.65 Å². The van der Waals surface area contributed by atoms with Gasteiger partial charge < -0.3 is 8.85 Å². The molecule has 0 aliphatic heterocycles. The topological polar surface area (TPSA) is 48.7 Å². The molecular formula is C21H36F3N3O2Si2. The molecule has 2 rings (SSSR count). The fraction of sp³-hybridized carbons (Fsp3) is 0.714. The fourth-order valence-electron chi connectivity index (χ4n) is 2.48. The second-order valence-electron chi connectivity index (χ2n) is 11.2. The first-order valence-electron chi connectivity index (χ1n) is 10.5. The smallest absolute Gasteiger partial charge is 0.298 e. The van der Waals surface area contributed by atoms with Crippen LogP contribution in [0.2, 0.25) is 36.3 Å². The largest absolute Gasteiger partial charge is 0.411 e. The number of pyridine rings is 1. The van der Waals surface area contributed by atoms with Crippen molar-refractivity contribution in [2.75, 3.05) is 6.61 Å². The van der Waals surface area contributed by atoms with Crippen LogP contribution in [-0.4, -0.2) is 43.8 Å². The van der Waals surface area contributed by atoms with Crippen LogP contribution in [0.3, 0.4) is 0 Å². The van der Waals surface area contributed by atoms with Gasteiger partial charge in [-0.2, -0.15) is 0 Å². The van der Waals surface area contributed by atoms with Crippen LogP contribution in [0.5, 0.6) is 0 Å². The van der Waals surface area contributed by atoms with E-state index in [1.165, 1.54) is 16.8 Å². The molecule has 31 heavy (non-hydrogen) atoms. The van der Waals surface area contributed by atoms with E-state index in [-0.39, 0.29) is 21.3 Å². The molecule has 0 saturated carbocycles. The third-order valence-corrected chi connectivity index (χ3v) is 15.6. The molecule has 5 nitrogen and oxygen atoms in total. The predicted octanol–water partition coefficient (Wildman–Crippen LogP) is 6.59. The Hall–Kier alpha value is -1.24. The van der Waals surface area contributed by atoms with Gasteiger partial charge in [0.2, 0.25) is 0 Å². The van der Waals surface area contributed by atoms with Crippen LogP contribution >= 0.6 is 0 Å². The summed E-state index contributed by atoms with van der Waals surface area (Å²) >= 11 is 0. The maximum atomic E-state index is 15.7. The lowest BCUT2D eigenvalue weighted by Crippen LogP contribution is -2.49. The Kier molecular flexibility index (Phi) is 6.95. The van der Waals surface area contributed by atoms with Crippen molar-refractivity contribution >= 4 is 22.3 Å². The van der Waals surface area contributed by atoms with Gasteiger partial charge in [0, 0.05) is 11.8 Å². The molecule has 10 heteroatoms. The van der Waals surface area contributed by atoms with Gasteiger partial charge in [0.15, 0.2) is 22.3 Å². The third kappa shape index (κ3) is 5.58. The van der Waals surface area contributed by atoms with Crippen LogP contribution in [0, 0.1) is 5.82 Å². The molecule has 0 aromatic carbocycles. The van der Waals surface area contributed by atoms with E-state index in [0.29, 0.717) is 0 Å². The zero-order valence-corrected chi connectivity index (χ0v) is 22.3. The molecule has 1 unspecified atom stereocenters. The Balaban J connectivity index is 2.51. The van der Waals surface area contributed by atoms with E-state index < -0.39 is 41.1 Å². The Morgan fingerprint density at radius 1 is 1.00 bits per heavy atom. The molecule has 2 heterocycles. The molecule has 1 atom stereocenters. The van der Waals surface area contributed by atoms with Gasteiger partial charge in [-0.05, 0) is 42.3 Å². The summed E-state index contributed by atoms with van der Waals surface area (Å²) in [5, 5.41) is 7.03. The highest BCUT2D eigenvalue weighted by Gasteiger charge is 2.51. The molecule has 0 aliphatic rings. The van der Waals surface area contributed by atoms with Crippen molar-refractivity contribution in [2.24, 2.45) is 0 Å². The number of aromatic nitrogens is 3. The fourth-order valence-corrected chi connectivity index (χ4v) is 4.71. The molecule has 2 aromatic rings. The van der Waals surface area contributed by atoms with Crippen molar-refractivity contribution in [2.45, 2.75) is 89.8 Å². The van der Waals surface area contributed by atoms with Crippen LogP contribution in [-0.2, 0) is 8.85 Å². The summed E-state index contributed by atoms with van der Waals surface area (Å²) in [6, 6.07) is 1.29. The quantitative estimate of drug-likeness (QED) is 0.424. The molecule has 0 fully saturated rings. The maximum Gasteiger partial charge on any atom is 0.298 e. The van der Waals surface area contributed by atoms with Gasteiger partial charge in [-0.3, -0.25) is 4.40 Å². The zero-order valence-electron chi connectivity index (χ0n) is 20.3. The van der Waals surface area contributed by atoms with Gasteiger partial charge in [0.25, 0.3) is 5.92 Å². The molecule has 2 aromatic heterocycles. The SMILES string of the molecule is CC(C)(C)[Si](C)(C)OCC(F)(F)C(O[Si](C)(C)C(C)(C)C)c1cc2nncn2cc1F. The Bertz CT molecular complexity index is 919. The Morgan fingerprint density at radius 2 is 1.55 bits per heavy atom. The monoisotopic (exact) mass is 475 g/mol. The van der Waals surface area contributed by atoms with Crippen molar-refractivity contribution in [1.29, 1.82) is 0 Å². The van der Waals surface area contributed by atoms with Crippen LogP contribution < -0.4 is 0 Å². The van der Waals surface area contributed by atoms with E-state index in [0.717, 1.165) is 6.20 Å². The van der Waals surface area contributed by atoms with Crippen molar-refractivity contribution < 1.29 is 22.0 Å². The Morgan fingerprint density at radius 3 is 2.06 bits per heavy atom. The molecular weight excluding hydrogens is 439 g/mol. The summed E-state index contributed by atoms with van der Waals surface area (Å²) < 4.78 is 59.7. The number of rotatable bonds is 7. The van der Waals surface area contributed by atoms with Crippen LogP contribution in [0.15, 0.2) is 18.6 Å². The lowest BCUT2D eigenvalue weighted by Gasteiger charge is -2.42. The Labute approximate surface area is 185 Å². The first-order chi connectivity index (χ1) is 13.8. The van der Waals surface area contributed by atoms with Crippen LogP contribution in [0.1, 0.15) is 53.2 Å². The second kappa shape index (κ2) is 8.27. The number of fused-ring (bicyclic) bond motifs is 1. The first-order valence-corrected chi connectivity index (χ1v) is 16.3. The number of halogens is 3. The zero-order chi connectivity index (χ0) is 24.0. The molecule has 0 radical (unpaired) electrons. The second-order valence-corrected chi connectivity index (χ2v) is 20.8. The number of nitrogens with zero attached hydrogens (tertiary/aromatic N) is 3. The summed E-state index contributed by atoms with van der Waals surface area (Å²) in [6.07, 6.45) is 0.641. The standard InChI is InChI=1S/C21H36F3N3O2Si2/c1-19(2,3)30(7,8)28-13-21(23,24)18(29-31(9,10)20(4,5)6)15-11-17-26-25-14-27(17)12-16(15)22/h11-12,14,18H,13H2,1-10H3. The van der Waals surface area contributed by atoms with Gasteiger partial charge >= 0.3 is 0 Å². The highest BCUT2D eigenvalue weighted by Crippen LogP contribution is 2.46. The minimum atomic E-state index is -3.44. The van der Waals surface area contributed by atoms with Gasteiger partial charge in [-0.25, -0.2) is 13.2 Å². The summed E-state index contributed by atoms with van der Waals surface area (Å²) in [7, 11) is -5.13. The number of alkyl halides is 2. The van der Waals surface area contributed by atoms with Gasteiger partial charge in [0.1, 0.15) is 24.9 Å². The number of hydrogen-bond donors (Lipinski definition) is 0. The predicted molar refractivity (Wildman–Crippen MR) is 122 cm³/mol. The lowest BCUT2D eigenvalue weighted by atomic mass is 10.0. The lowest BCUT2D eigenvalue weighted by molar-refractivity contribution is -0.130. The molecule has 0 aliphatic carbocycles. The highest BCUT2D eigenvalue weighted by molar-refractivity contribution is 6.74. The van der Waals surface area contributed by atoms with E-state index in [2.05, 4.69) is 10.2 Å². The highest BCUT2D eigenvalue weighted by atomic mass is 28.4. The average molecular weight is 476 g/mol. The molecule has 0 amide bonds. The van der Waals surface area contributed by atoms with E-state index >= 15 is 13.2 Å². The van der Waals surface area contributed by atoms with E-state index in [1.54, 1.807) is 0 Å².